The van der Waals surface area contributed by atoms with Crippen LogP contribution in [0.2, 0.25) is 0 Å². The van der Waals surface area contributed by atoms with E-state index < -0.39 is 16.1 Å². The third-order valence-electron chi connectivity index (χ3n) is 6.28. The number of anilines is 1. The van der Waals surface area contributed by atoms with Crippen molar-refractivity contribution in [2.45, 2.75) is 12.7 Å². The summed E-state index contributed by atoms with van der Waals surface area (Å²) >= 11 is 0. The van der Waals surface area contributed by atoms with Gasteiger partial charge in [-0.1, -0.05) is 54.6 Å². The molecular weight excluding hydrogens is 550 g/mol. The second-order valence-electron chi connectivity index (χ2n) is 9.35. The number of hydrogen-bond acceptors (Lipinski definition) is 6. The molecule has 0 aliphatic heterocycles. The Labute approximate surface area is 239 Å². The summed E-state index contributed by atoms with van der Waals surface area (Å²) in [6.45, 7) is 1.50. The molecule has 0 radical (unpaired) electrons. The van der Waals surface area contributed by atoms with Gasteiger partial charge < -0.3 is 24.9 Å². The third kappa shape index (κ3) is 7.45. The fourth-order valence-electron chi connectivity index (χ4n) is 4.42. The van der Waals surface area contributed by atoms with Crippen molar-refractivity contribution < 1.29 is 23.0 Å². The first-order valence-electron chi connectivity index (χ1n) is 12.7. The van der Waals surface area contributed by atoms with Gasteiger partial charge in [-0.25, -0.2) is 8.42 Å². The van der Waals surface area contributed by atoms with Crippen LogP contribution in [0.25, 0.3) is 21.8 Å². The lowest BCUT2D eigenvalue weighted by Gasteiger charge is -2.17. The molecule has 0 fully saturated rings. The second kappa shape index (κ2) is 13.1. The molecule has 10 heteroatoms. The molecule has 8 nitrogen and oxygen atoms in total. The topological polar surface area (TPSA) is 113 Å². The number of aliphatic hydroxyl groups is 1. The standard InChI is InChI=1S/C30H31N3O5S.ClH/c1-39(35,36)33-28-17-22(11-14-30(28)38-20-21-7-3-2-4-8-21)29(34)19-31-15-16-37-23-12-13-25-24-9-5-6-10-26(24)32-27(25)18-23;/h2-14,17-18,29,31-34H,15-16,19-20H2,1H3;1H. The Hall–Kier alpha value is -3.76. The fraction of sp³-hybridized carbons (Fsp3) is 0.200. The van der Waals surface area contributed by atoms with Gasteiger partial charge in [0, 0.05) is 35.4 Å². The molecule has 0 amide bonds. The smallest absolute Gasteiger partial charge is 0.229 e. The van der Waals surface area contributed by atoms with E-state index in [1.807, 2.05) is 54.6 Å². The minimum atomic E-state index is -3.54. The molecule has 0 aliphatic rings. The van der Waals surface area contributed by atoms with Crippen molar-refractivity contribution >= 4 is 49.9 Å². The summed E-state index contributed by atoms with van der Waals surface area (Å²) in [5, 5.41) is 16.2. The molecule has 1 heterocycles. The lowest BCUT2D eigenvalue weighted by atomic mass is 10.1. The molecule has 210 valence electrons. The largest absolute Gasteiger partial charge is 0.492 e. The van der Waals surface area contributed by atoms with Crippen molar-refractivity contribution in [3.63, 3.8) is 0 Å². The molecule has 4 aromatic carbocycles. The zero-order chi connectivity index (χ0) is 27.2. The van der Waals surface area contributed by atoms with Crippen molar-refractivity contribution in [2.24, 2.45) is 0 Å². The van der Waals surface area contributed by atoms with Gasteiger partial charge in [0.15, 0.2) is 0 Å². The Balaban J connectivity index is 0.00000370. The van der Waals surface area contributed by atoms with Crippen LogP contribution in [-0.2, 0) is 16.6 Å². The van der Waals surface area contributed by atoms with Crippen LogP contribution in [0.3, 0.4) is 0 Å². The number of halogens is 1. The molecule has 0 spiro atoms. The maximum atomic E-state index is 11.9. The molecule has 0 aliphatic carbocycles. The van der Waals surface area contributed by atoms with Crippen LogP contribution in [0.4, 0.5) is 5.69 Å². The number of ether oxygens (including phenoxy) is 2. The van der Waals surface area contributed by atoms with Crippen molar-refractivity contribution in [3.05, 3.63) is 102 Å². The number of aromatic amines is 1. The van der Waals surface area contributed by atoms with Crippen LogP contribution >= 0.6 is 12.4 Å². The number of aliphatic hydroxyl groups excluding tert-OH is 1. The van der Waals surface area contributed by atoms with Crippen LogP contribution < -0.4 is 19.5 Å². The van der Waals surface area contributed by atoms with Crippen molar-refractivity contribution in [2.75, 3.05) is 30.7 Å². The Kier molecular flexibility index (Phi) is 9.54. The van der Waals surface area contributed by atoms with E-state index in [2.05, 4.69) is 33.2 Å². The SMILES string of the molecule is CS(=O)(=O)Nc1cc(C(O)CNCCOc2ccc3c(c2)[nH]c2ccccc23)ccc1OCc1ccccc1.Cl. The number of aromatic nitrogens is 1. The Morgan fingerprint density at radius 3 is 2.42 bits per heavy atom. The van der Waals surface area contributed by atoms with Crippen LogP contribution in [0.1, 0.15) is 17.2 Å². The summed E-state index contributed by atoms with van der Waals surface area (Å²) < 4.78 is 38.1. The minimum absolute atomic E-state index is 0. The van der Waals surface area contributed by atoms with E-state index in [0.717, 1.165) is 34.0 Å². The van der Waals surface area contributed by atoms with Gasteiger partial charge in [0.1, 0.15) is 24.7 Å². The van der Waals surface area contributed by atoms with Gasteiger partial charge in [-0.3, -0.25) is 4.72 Å². The van der Waals surface area contributed by atoms with E-state index in [1.165, 1.54) is 5.39 Å². The normalized spacial score (nSPS) is 12.2. The summed E-state index contributed by atoms with van der Waals surface area (Å²) in [7, 11) is -3.54. The van der Waals surface area contributed by atoms with Gasteiger partial charge >= 0.3 is 0 Å². The van der Waals surface area contributed by atoms with Gasteiger partial charge in [-0.05, 0) is 41.5 Å². The average Bonchev–Trinajstić information content (AvgIpc) is 3.29. The zero-order valence-electron chi connectivity index (χ0n) is 22.0. The molecular formula is C30H32ClN3O5S. The summed E-state index contributed by atoms with van der Waals surface area (Å²) in [6.07, 6.45) is 0.227. The van der Waals surface area contributed by atoms with Gasteiger partial charge in [0.05, 0.1) is 23.6 Å². The lowest BCUT2D eigenvalue weighted by molar-refractivity contribution is 0.172. The van der Waals surface area contributed by atoms with Gasteiger partial charge in [-0.15, -0.1) is 12.4 Å². The molecule has 1 atom stereocenters. The van der Waals surface area contributed by atoms with Crippen LogP contribution in [0, 0.1) is 0 Å². The lowest BCUT2D eigenvalue weighted by Crippen LogP contribution is -2.26. The number of H-pyrrole nitrogens is 1. The van der Waals surface area contributed by atoms with Gasteiger partial charge in [0.25, 0.3) is 0 Å². The molecule has 1 unspecified atom stereocenters. The predicted octanol–water partition coefficient (Wildman–Crippen LogP) is 5.40. The molecule has 5 aromatic rings. The van der Waals surface area contributed by atoms with Crippen molar-refractivity contribution in [1.29, 1.82) is 0 Å². The van der Waals surface area contributed by atoms with Crippen LogP contribution in [-0.4, -0.2) is 44.5 Å². The molecule has 4 N–H and O–H groups in total. The quantitative estimate of drug-likeness (QED) is 0.147. The molecule has 0 bridgehead atoms. The zero-order valence-corrected chi connectivity index (χ0v) is 23.6. The Morgan fingerprint density at radius 1 is 0.875 bits per heavy atom. The van der Waals surface area contributed by atoms with E-state index in [1.54, 1.807) is 18.2 Å². The molecule has 0 saturated carbocycles. The number of para-hydroxylation sites is 1. The Bertz CT molecular complexity index is 1680. The summed E-state index contributed by atoms with van der Waals surface area (Å²) in [6, 6.07) is 28.8. The monoisotopic (exact) mass is 581 g/mol. The minimum Gasteiger partial charge on any atom is -0.492 e. The van der Waals surface area contributed by atoms with E-state index in [9.17, 15) is 13.5 Å². The van der Waals surface area contributed by atoms with Crippen LogP contribution in [0.15, 0.2) is 91.0 Å². The van der Waals surface area contributed by atoms with Crippen LogP contribution in [0.5, 0.6) is 11.5 Å². The number of rotatable bonds is 12. The predicted molar refractivity (Wildman–Crippen MR) is 162 cm³/mol. The number of nitrogens with one attached hydrogen (secondary N) is 3. The highest BCUT2D eigenvalue weighted by molar-refractivity contribution is 7.92. The van der Waals surface area contributed by atoms with Gasteiger partial charge in [0.2, 0.25) is 10.0 Å². The maximum Gasteiger partial charge on any atom is 0.229 e. The highest BCUT2D eigenvalue weighted by Gasteiger charge is 2.14. The average molecular weight is 582 g/mol. The molecule has 1 aromatic heterocycles. The number of fused-ring (bicyclic) bond motifs is 3. The van der Waals surface area contributed by atoms with E-state index in [-0.39, 0.29) is 31.2 Å². The number of sulfonamides is 1. The summed E-state index contributed by atoms with van der Waals surface area (Å²) in [4.78, 5) is 3.41. The van der Waals surface area contributed by atoms with Gasteiger partial charge in [-0.2, -0.15) is 0 Å². The van der Waals surface area contributed by atoms with Crippen molar-refractivity contribution in [1.82, 2.24) is 10.3 Å². The highest BCUT2D eigenvalue weighted by Crippen LogP contribution is 2.30. The third-order valence-corrected chi connectivity index (χ3v) is 6.87. The maximum absolute atomic E-state index is 11.9. The molecule has 0 saturated heterocycles. The number of hydrogen-bond donors (Lipinski definition) is 4. The first kappa shape index (κ1) is 29.2. The highest BCUT2D eigenvalue weighted by atomic mass is 35.5. The molecule has 40 heavy (non-hydrogen) atoms. The first-order valence-corrected chi connectivity index (χ1v) is 14.6. The Morgan fingerprint density at radius 2 is 1.62 bits per heavy atom. The number of benzene rings is 4. The van der Waals surface area contributed by atoms with E-state index in [0.29, 0.717) is 24.5 Å². The fourth-order valence-corrected chi connectivity index (χ4v) is 4.98. The van der Waals surface area contributed by atoms with E-state index >= 15 is 0 Å². The summed E-state index contributed by atoms with van der Waals surface area (Å²) in [5.74, 6) is 1.15. The summed E-state index contributed by atoms with van der Waals surface area (Å²) in [5.41, 5.74) is 3.91. The second-order valence-corrected chi connectivity index (χ2v) is 11.1. The first-order chi connectivity index (χ1) is 18.9. The molecule has 5 rings (SSSR count). The van der Waals surface area contributed by atoms with Crippen molar-refractivity contribution in [3.8, 4) is 11.5 Å². The van der Waals surface area contributed by atoms with E-state index in [4.69, 9.17) is 9.47 Å².